The van der Waals surface area contributed by atoms with E-state index in [9.17, 15) is 9.90 Å². The number of aryl methyl sites for hydroxylation is 1. The molecule has 1 unspecified atom stereocenters. The van der Waals surface area contributed by atoms with Crippen LogP contribution in [0.2, 0.25) is 0 Å². The molecule has 1 heterocycles. The molecule has 8 heteroatoms. The Morgan fingerprint density at radius 2 is 1.26 bits per heavy atom. The molecule has 8 rings (SSSR count). The first kappa shape index (κ1) is 50.0. The van der Waals surface area contributed by atoms with Gasteiger partial charge in [0, 0.05) is 29.8 Å². The van der Waals surface area contributed by atoms with E-state index in [1.165, 1.54) is 21.5 Å². The SMILES string of the molecule is COc1nc2ccc(CCCCOC(=O)CCCCC[P+](c3ccccc3)(c3ccccc3)c3ccccc3)cc2cc1[C@@H](c1ccccc1)C(O)(CCN(C)C)c1cccc2ccccc12.[Cl-]. The van der Waals surface area contributed by atoms with Gasteiger partial charge in [0.15, 0.2) is 0 Å². The Hall–Kier alpha value is -5.88. The molecule has 68 heavy (non-hydrogen) atoms. The van der Waals surface area contributed by atoms with E-state index in [1.807, 2.05) is 50.5 Å². The molecule has 0 aliphatic heterocycles. The molecule has 0 spiro atoms. The van der Waals surface area contributed by atoms with Crippen LogP contribution in [-0.2, 0) is 21.6 Å². The van der Waals surface area contributed by atoms with Crippen molar-refractivity contribution in [3.8, 4) is 5.88 Å². The van der Waals surface area contributed by atoms with Crippen LogP contribution in [0, 0.1) is 0 Å². The van der Waals surface area contributed by atoms with E-state index in [-0.39, 0.29) is 18.4 Å². The van der Waals surface area contributed by atoms with Gasteiger partial charge in [0.25, 0.3) is 0 Å². The number of fused-ring (bicyclic) bond motifs is 2. The lowest BCUT2D eigenvalue weighted by atomic mass is 9.70. The molecule has 2 atom stereocenters. The van der Waals surface area contributed by atoms with Gasteiger partial charge in [0.2, 0.25) is 5.88 Å². The van der Waals surface area contributed by atoms with Gasteiger partial charge in [-0.3, -0.25) is 4.79 Å². The lowest BCUT2D eigenvalue weighted by Crippen LogP contribution is -3.00. The number of aliphatic hydroxyl groups is 1. The average molecular weight is 944 g/mol. The maximum absolute atomic E-state index is 13.4. The van der Waals surface area contributed by atoms with Crippen LogP contribution in [0.25, 0.3) is 21.7 Å². The van der Waals surface area contributed by atoms with Gasteiger partial charge < -0.3 is 31.9 Å². The Balaban J connectivity index is 0.00000684. The van der Waals surface area contributed by atoms with Crippen molar-refractivity contribution in [3.63, 3.8) is 0 Å². The normalized spacial score (nSPS) is 12.9. The summed E-state index contributed by atoms with van der Waals surface area (Å²) in [5.74, 6) is -0.103. The standard InChI is InChI=1S/C60H64N2O4P.ClH/c1-62(2)41-40-60(64,55-36-23-28-47-25-18-19-35-53(47)55)58(48-26-9-4-10-27-48)54-45-49-44-46(38-39-56(49)61-59(54)65-3)24-20-21-42-66-57(63)37-17-8-22-43-67(50-29-11-5-12-30-50,51-31-13-6-14-32-51)52-33-15-7-16-34-52;/h4-7,9-16,18-19,23,25-36,38-39,44-45,58,64H,8,17,20-22,24,37,40-43H2,1-3H3;1H/q+1;/p-1/t58-,60?;/m1./s1. The third-order valence-electron chi connectivity index (χ3n) is 13.3. The van der Waals surface area contributed by atoms with E-state index >= 15 is 0 Å². The fourth-order valence-corrected chi connectivity index (χ4v) is 14.3. The minimum Gasteiger partial charge on any atom is -1.00 e. The van der Waals surface area contributed by atoms with E-state index < -0.39 is 18.8 Å². The molecule has 0 bridgehead atoms. The molecule has 8 aromatic rings. The summed E-state index contributed by atoms with van der Waals surface area (Å²) in [6.07, 6.45) is 7.31. The number of pyridine rings is 1. The lowest BCUT2D eigenvalue weighted by molar-refractivity contribution is -0.143. The van der Waals surface area contributed by atoms with Gasteiger partial charge in [0.1, 0.15) is 28.8 Å². The first-order valence-corrected chi connectivity index (χ1v) is 25.9. The Kier molecular flexibility index (Phi) is 17.6. The van der Waals surface area contributed by atoms with Crippen LogP contribution in [0.1, 0.15) is 73.1 Å². The van der Waals surface area contributed by atoms with Crippen LogP contribution >= 0.6 is 7.26 Å². The molecule has 0 aliphatic rings. The summed E-state index contributed by atoms with van der Waals surface area (Å²) in [6, 6.07) is 66.3. The number of esters is 1. The van der Waals surface area contributed by atoms with Gasteiger partial charge in [-0.05, 0) is 141 Å². The molecular formula is C60H64ClN2O4P. The lowest BCUT2D eigenvalue weighted by Gasteiger charge is -2.39. The summed E-state index contributed by atoms with van der Waals surface area (Å²) < 4.78 is 11.8. The first-order chi connectivity index (χ1) is 32.8. The molecule has 7 aromatic carbocycles. The highest BCUT2D eigenvalue weighted by molar-refractivity contribution is 7.95. The number of benzene rings is 7. The largest absolute Gasteiger partial charge is 1.00 e. The van der Waals surface area contributed by atoms with Gasteiger partial charge in [-0.1, -0.05) is 133 Å². The Morgan fingerprint density at radius 1 is 0.662 bits per heavy atom. The van der Waals surface area contributed by atoms with Crippen molar-refractivity contribution < 1.29 is 31.8 Å². The molecule has 350 valence electrons. The molecule has 0 saturated carbocycles. The Morgan fingerprint density at radius 3 is 1.90 bits per heavy atom. The van der Waals surface area contributed by atoms with Crippen LogP contribution in [-0.4, -0.2) is 61.5 Å². The fourth-order valence-electron chi connectivity index (χ4n) is 9.91. The average Bonchev–Trinajstić information content (AvgIpc) is 3.37. The van der Waals surface area contributed by atoms with Crippen LogP contribution in [0.15, 0.2) is 188 Å². The van der Waals surface area contributed by atoms with Crippen molar-refractivity contribution in [1.82, 2.24) is 9.88 Å². The molecule has 6 nitrogen and oxygen atoms in total. The smallest absolute Gasteiger partial charge is 0.305 e. The number of carbonyl (C=O) groups is 1. The summed E-state index contributed by atoms with van der Waals surface area (Å²) in [5.41, 5.74) is 3.41. The van der Waals surface area contributed by atoms with Crippen LogP contribution < -0.4 is 33.1 Å². The minimum absolute atomic E-state index is 0. The summed E-state index contributed by atoms with van der Waals surface area (Å²) in [5, 5.41) is 20.7. The number of halogens is 1. The number of carbonyl (C=O) groups excluding carboxylic acids is 1. The molecule has 0 radical (unpaired) electrons. The second-order valence-electron chi connectivity index (χ2n) is 18.0. The van der Waals surface area contributed by atoms with Crippen molar-refractivity contribution in [2.24, 2.45) is 0 Å². The summed E-state index contributed by atoms with van der Waals surface area (Å²) in [4.78, 5) is 20.1. The molecule has 0 aliphatic carbocycles. The molecule has 0 fully saturated rings. The summed E-state index contributed by atoms with van der Waals surface area (Å²) in [6.45, 7) is 1.09. The van der Waals surface area contributed by atoms with Crippen molar-refractivity contribution >= 4 is 50.8 Å². The Bertz CT molecular complexity index is 2730. The molecule has 0 saturated heterocycles. The van der Waals surface area contributed by atoms with Gasteiger partial charge in [-0.2, -0.15) is 0 Å². The van der Waals surface area contributed by atoms with Gasteiger partial charge in [-0.15, -0.1) is 0 Å². The van der Waals surface area contributed by atoms with Gasteiger partial charge in [0.05, 0.1) is 25.4 Å². The second kappa shape index (κ2) is 23.9. The van der Waals surface area contributed by atoms with E-state index in [0.29, 0.717) is 31.9 Å². The topological polar surface area (TPSA) is 71.9 Å². The number of hydrogen-bond donors (Lipinski definition) is 1. The van der Waals surface area contributed by atoms with Crippen molar-refractivity contribution in [2.45, 2.75) is 62.9 Å². The number of ether oxygens (including phenoxy) is 2. The van der Waals surface area contributed by atoms with Crippen LogP contribution in [0.4, 0.5) is 0 Å². The number of aromatic nitrogens is 1. The third kappa shape index (κ3) is 11.5. The monoisotopic (exact) mass is 942 g/mol. The van der Waals surface area contributed by atoms with Crippen molar-refractivity contribution in [2.75, 3.05) is 40.5 Å². The quantitative estimate of drug-likeness (QED) is 0.0417. The maximum atomic E-state index is 13.4. The van der Waals surface area contributed by atoms with E-state index in [1.54, 1.807) is 7.11 Å². The minimum atomic E-state index is -1.87. The number of methoxy groups -OCH3 is 1. The van der Waals surface area contributed by atoms with Crippen molar-refractivity contribution in [3.05, 3.63) is 210 Å². The predicted octanol–water partition coefficient (Wildman–Crippen LogP) is 8.79. The predicted molar refractivity (Wildman–Crippen MR) is 280 cm³/mol. The Labute approximate surface area is 410 Å². The maximum Gasteiger partial charge on any atom is 0.305 e. The number of hydrogen-bond acceptors (Lipinski definition) is 6. The van der Waals surface area contributed by atoms with Gasteiger partial charge >= 0.3 is 5.97 Å². The van der Waals surface area contributed by atoms with Gasteiger partial charge in [-0.25, -0.2) is 4.98 Å². The van der Waals surface area contributed by atoms with E-state index in [0.717, 1.165) is 83.1 Å². The third-order valence-corrected chi connectivity index (χ3v) is 17.8. The zero-order valence-electron chi connectivity index (χ0n) is 39.6. The number of unbranched alkanes of at least 4 members (excludes halogenated alkanes) is 3. The van der Waals surface area contributed by atoms with Crippen LogP contribution in [0.3, 0.4) is 0 Å². The first-order valence-electron chi connectivity index (χ1n) is 23.9. The van der Waals surface area contributed by atoms with Crippen molar-refractivity contribution in [1.29, 1.82) is 0 Å². The summed E-state index contributed by atoms with van der Waals surface area (Å²) in [7, 11) is 3.88. The highest BCUT2D eigenvalue weighted by Crippen LogP contribution is 2.56. The molecule has 1 N–H and O–H groups in total. The second-order valence-corrected chi connectivity index (χ2v) is 21.6. The zero-order valence-corrected chi connectivity index (χ0v) is 41.3. The highest BCUT2D eigenvalue weighted by Gasteiger charge is 2.45. The summed E-state index contributed by atoms with van der Waals surface area (Å²) >= 11 is 0. The van der Waals surface area contributed by atoms with E-state index in [2.05, 4.69) is 157 Å². The number of rotatable bonds is 22. The molecule has 1 aromatic heterocycles. The van der Waals surface area contributed by atoms with Crippen LogP contribution in [0.5, 0.6) is 5.88 Å². The zero-order chi connectivity index (χ0) is 46.5. The molecular weight excluding hydrogens is 879 g/mol. The fraction of sp³-hybridized carbons (Fsp3) is 0.267. The highest BCUT2D eigenvalue weighted by atomic mass is 35.5. The molecule has 0 amide bonds. The van der Waals surface area contributed by atoms with E-state index in [4.69, 9.17) is 14.5 Å². The number of nitrogens with zero attached hydrogens (tertiary/aromatic N) is 2.